The minimum Gasteiger partial charge on any atom is -0.397 e. The molecule has 3 N–H and O–H groups in total. The summed E-state index contributed by atoms with van der Waals surface area (Å²) in [5.74, 6) is 0.935. The Labute approximate surface area is 107 Å². The summed E-state index contributed by atoms with van der Waals surface area (Å²) in [6, 6.07) is 5.34. The molecule has 5 heteroatoms. The molecule has 0 heterocycles. The van der Waals surface area contributed by atoms with Crippen molar-refractivity contribution >= 4 is 29.0 Å². The van der Waals surface area contributed by atoms with E-state index in [0.717, 1.165) is 18.0 Å². The van der Waals surface area contributed by atoms with Gasteiger partial charge >= 0.3 is 0 Å². The van der Waals surface area contributed by atoms with Crippen molar-refractivity contribution < 1.29 is 4.79 Å². The molecule has 1 amide bonds. The number of thioether (sulfide) groups is 1. The van der Waals surface area contributed by atoms with Crippen LogP contribution in [0.4, 0.5) is 11.4 Å². The van der Waals surface area contributed by atoms with Crippen molar-refractivity contribution in [3.05, 3.63) is 23.8 Å². The number of nitrogens with zero attached hydrogens (tertiary/aromatic N) is 1. The zero-order valence-electron chi connectivity index (χ0n) is 10.5. The lowest BCUT2D eigenvalue weighted by Crippen LogP contribution is -2.23. The highest BCUT2D eigenvalue weighted by Gasteiger charge is 2.09. The van der Waals surface area contributed by atoms with E-state index in [9.17, 15) is 4.79 Å². The molecule has 94 valence electrons. The second kappa shape index (κ2) is 6.39. The Hall–Kier alpha value is -1.36. The van der Waals surface area contributed by atoms with Gasteiger partial charge in [-0.05, 0) is 24.5 Å². The number of rotatable bonds is 5. The van der Waals surface area contributed by atoms with Crippen molar-refractivity contribution in [3.63, 3.8) is 0 Å². The van der Waals surface area contributed by atoms with Crippen LogP contribution >= 0.6 is 11.8 Å². The number of anilines is 2. The van der Waals surface area contributed by atoms with E-state index < -0.39 is 0 Å². The lowest BCUT2D eigenvalue weighted by atomic mass is 10.1. The monoisotopic (exact) mass is 253 g/mol. The number of nitrogen functional groups attached to an aromatic ring is 1. The smallest absolute Gasteiger partial charge is 0.251 e. The molecule has 0 saturated heterocycles. The van der Waals surface area contributed by atoms with E-state index in [-0.39, 0.29) is 5.91 Å². The average molecular weight is 253 g/mol. The van der Waals surface area contributed by atoms with E-state index in [2.05, 4.69) is 16.5 Å². The van der Waals surface area contributed by atoms with E-state index in [4.69, 9.17) is 5.73 Å². The van der Waals surface area contributed by atoms with E-state index in [0.29, 0.717) is 11.3 Å². The second-order valence-electron chi connectivity index (χ2n) is 3.77. The standard InChI is InChI=1S/C12H19N3OS/c1-14-12(16)9-4-5-10(13)11(8-9)15(2)6-7-17-3/h4-5,8H,6-7,13H2,1-3H3,(H,14,16). The summed E-state index contributed by atoms with van der Waals surface area (Å²) in [5.41, 5.74) is 8.15. The van der Waals surface area contributed by atoms with Gasteiger partial charge in [0.15, 0.2) is 0 Å². The molecule has 0 fully saturated rings. The molecule has 0 aromatic heterocycles. The predicted octanol–water partition coefficient (Wildman–Crippen LogP) is 1.43. The zero-order chi connectivity index (χ0) is 12.8. The van der Waals surface area contributed by atoms with Gasteiger partial charge in [-0.25, -0.2) is 0 Å². The maximum Gasteiger partial charge on any atom is 0.251 e. The van der Waals surface area contributed by atoms with Gasteiger partial charge in [-0.2, -0.15) is 11.8 Å². The van der Waals surface area contributed by atoms with Crippen molar-refractivity contribution in [1.29, 1.82) is 0 Å². The van der Waals surface area contributed by atoms with Crippen molar-refractivity contribution in [2.75, 3.05) is 43.3 Å². The molecule has 17 heavy (non-hydrogen) atoms. The third kappa shape index (κ3) is 3.56. The van der Waals surface area contributed by atoms with Crippen LogP contribution in [0.2, 0.25) is 0 Å². The lowest BCUT2D eigenvalue weighted by Gasteiger charge is -2.21. The first-order valence-corrected chi connectivity index (χ1v) is 6.81. The molecule has 1 rings (SSSR count). The van der Waals surface area contributed by atoms with Gasteiger partial charge in [0, 0.05) is 32.0 Å². The Morgan fingerprint density at radius 2 is 2.24 bits per heavy atom. The van der Waals surface area contributed by atoms with Crippen LogP contribution in [0, 0.1) is 0 Å². The first-order chi connectivity index (χ1) is 8.10. The number of benzene rings is 1. The van der Waals surface area contributed by atoms with Gasteiger partial charge < -0.3 is 16.0 Å². The highest BCUT2D eigenvalue weighted by molar-refractivity contribution is 7.98. The topological polar surface area (TPSA) is 58.4 Å². The molecule has 0 aliphatic heterocycles. The Morgan fingerprint density at radius 3 is 2.82 bits per heavy atom. The summed E-state index contributed by atoms with van der Waals surface area (Å²) < 4.78 is 0. The minimum atomic E-state index is -0.0930. The van der Waals surface area contributed by atoms with Gasteiger partial charge in [-0.3, -0.25) is 4.79 Å². The Morgan fingerprint density at radius 1 is 1.53 bits per heavy atom. The molecule has 0 atom stereocenters. The van der Waals surface area contributed by atoms with Crippen molar-refractivity contribution in [2.24, 2.45) is 0 Å². The number of amides is 1. The van der Waals surface area contributed by atoms with Crippen LogP contribution in [0.25, 0.3) is 0 Å². The van der Waals surface area contributed by atoms with Gasteiger partial charge in [0.1, 0.15) is 0 Å². The lowest BCUT2D eigenvalue weighted by molar-refractivity contribution is 0.0963. The third-order valence-corrected chi connectivity index (χ3v) is 3.15. The molecule has 0 spiro atoms. The molecule has 1 aromatic rings. The van der Waals surface area contributed by atoms with E-state index in [1.165, 1.54) is 0 Å². The van der Waals surface area contributed by atoms with Crippen molar-refractivity contribution in [1.82, 2.24) is 5.32 Å². The molecule has 0 saturated carbocycles. The second-order valence-corrected chi connectivity index (χ2v) is 4.75. The molecule has 0 unspecified atom stereocenters. The number of nitrogens with one attached hydrogen (secondary N) is 1. The van der Waals surface area contributed by atoms with Gasteiger partial charge in [0.2, 0.25) is 0 Å². The number of hydrogen-bond donors (Lipinski definition) is 2. The third-order valence-electron chi connectivity index (χ3n) is 2.56. The predicted molar refractivity (Wildman–Crippen MR) is 75.9 cm³/mol. The SMILES string of the molecule is CNC(=O)c1ccc(N)c(N(C)CCSC)c1. The van der Waals surface area contributed by atoms with Gasteiger partial charge in [-0.15, -0.1) is 0 Å². The summed E-state index contributed by atoms with van der Waals surface area (Å²) in [6.07, 6.45) is 2.07. The van der Waals surface area contributed by atoms with Crippen molar-refractivity contribution in [2.45, 2.75) is 0 Å². The normalized spacial score (nSPS) is 10.1. The van der Waals surface area contributed by atoms with Crippen LogP contribution in [-0.2, 0) is 0 Å². The number of hydrogen-bond acceptors (Lipinski definition) is 4. The first kappa shape index (κ1) is 13.7. The maximum absolute atomic E-state index is 11.5. The zero-order valence-corrected chi connectivity index (χ0v) is 11.3. The largest absolute Gasteiger partial charge is 0.397 e. The van der Waals surface area contributed by atoms with Crippen LogP contribution < -0.4 is 16.0 Å². The quantitative estimate of drug-likeness (QED) is 0.779. The highest BCUT2D eigenvalue weighted by atomic mass is 32.2. The molecule has 4 nitrogen and oxygen atoms in total. The summed E-state index contributed by atoms with van der Waals surface area (Å²) >= 11 is 1.78. The van der Waals surface area contributed by atoms with Crippen LogP contribution in [-0.4, -0.2) is 38.6 Å². The Kier molecular flexibility index (Phi) is 5.15. The van der Waals surface area contributed by atoms with E-state index >= 15 is 0 Å². The average Bonchev–Trinajstić information content (AvgIpc) is 2.35. The van der Waals surface area contributed by atoms with Crippen LogP contribution in [0.3, 0.4) is 0 Å². The number of carbonyl (C=O) groups is 1. The molecular weight excluding hydrogens is 234 g/mol. The molecule has 0 bridgehead atoms. The van der Waals surface area contributed by atoms with Gasteiger partial charge in [-0.1, -0.05) is 0 Å². The fourth-order valence-corrected chi connectivity index (χ4v) is 1.96. The summed E-state index contributed by atoms with van der Waals surface area (Å²) in [5, 5.41) is 2.61. The van der Waals surface area contributed by atoms with Crippen molar-refractivity contribution in [3.8, 4) is 0 Å². The molecule has 1 aromatic carbocycles. The Balaban J connectivity index is 2.93. The molecule has 0 aliphatic rings. The molecular formula is C12H19N3OS. The van der Waals surface area contributed by atoms with E-state index in [1.54, 1.807) is 30.9 Å². The Bertz CT molecular complexity index is 395. The van der Waals surface area contributed by atoms with Gasteiger partial charge in [0.25, 0.3) is 5.91 Å². The highest BCUT2D eigenvalue weighted by Crippen LogP contribution is 2.23. The number of carbonyl (C=O) groups excluding carboxylic acids is 1. The minimum absolute atomic E-state index is 0.0930. The summed E-state index contributed by atoms with van der Waals surface area (Å²) in [6.45, 7) is 0.905. The van der Waals surface area contributed by atoms with Crippen LogP contribution in [0.1, 0.15) is 10.4 Å². The number of nitrogens with two attached hydrogens (primary N) is 1. The fraction of sp³-hybridized carbons (Fsp3) is 0.417. The van der Waals surface area contributed by atoms with E-state index in [1.807, 2.05) is 13.1 Å². The summed E-state index contributed by atoms with van der Waals surface area (Å²) in [7, 11) is 3.60. The maximum atomic E-state index is 11.5. The van der Waals surface area contributed by atoms with Crippen LogP contribution in [0.5, 0.6) is 0 Å². The van der Waals surface area contributed by atoms with Crippen LogP contribution in [0.15, 0.2) is 18.2 Å². The molecule has 0 radical (unpaired) electrons. The summed E-state index contributed by atoms with van der Waals surface area (Å²) in [4.78, 5) is 13.6. The fourth-order valence-electron chi connectivity index (χ4n) is 1.51. The molecule has 0 aliphatic carbocycles. The first-order valence-electron chi connectivity index (χ1n) is 5.41. The van der Waals surface area contributed by atoms with Gasteiger partial charge in [0.05, 0.1) is 11.4 Å².